The number of carbonyl (C=O) groups excluding carboxylic acids is 3. The summed E-state index contributed by atoms with van der Waals surface area (Å²) in [6.45, 7) is 11.9. The van der Waals surface area contributed by atoms with Gasteiger partial charge in [0.1, 0.15) is 17.4 Å². The zero-order chi connectivity index (χ0) is 28.5. The topological polar surface area (TPSA) is 99.6 Å². The molecule has 0 aromatic heterocycles. The SMILES string of the molecule is C=CCN(C)C(=O)[C@@H]1[C@@H]2CCC3(O2)C(C(=O)N(CC=C)c2ccc(OC)cc2)N([C@@H](CO)CC(C)C)C(=O)[C@H]13. The Morgan fingerprint density at radius 3 is 2.44 bits per heavy atom. The fourth-order valence-corrected chi connectivity index (χ4v) is 6.77. The van der Waals surface area contributed by atoms with E-state index in [0.29, 0.717) is 37.2 Å². The van der Waals surface area contributed by atoms with Gasteiger partial charge in [-0.15, -0.1) is 13.2 Å². The van der Waals surface area contributed by atoms with Crippen molar-refractivity contribution in [2.75, 3.05) is 38.8 Å². The van der Waals surface area contributed by atoms with E-state index >= 15 is 0 Å². The van der Waals surface area contributed by atoms with Crippen LogP contribution < -0.4 is 9.64 Å². The average Bonchev–Trinajstić information content (AvgIpc) is 3.57. The number of amides is 3. The third kappa shape index (κ3) is 4.87. The van der Waals surface area contributed by atoms with Crippen molar-refractivity contribution in [1.82, 2.24) is 9.80 Å². The summed E-state index contributed by atoms with van der Waals surface area (Å²) in [4.78, 5) is 47.2. The van der Waals surface area contributed by atoms with Gasteiger partial charge < -0.3 is 29.3 Å². The summed E-state index contributed by atoms with van der Waals surface area (Å²) in [5.41, 5.74) is -0.520. The minimum atomic E-state index is -1.15. The van der Waals surface area contributed by atoms with E-state index in [9.17, 15) is 19.5 Å². The maximum absolute atomic E-state index is 14.6. The van der Waals surface area contributed by atoms with Gasteiger partial charge in [0.05, 0.1) is 37.7 Å². The largest absolute Gasteiger partial charge is 0.497 e. The van der Waals surface area contributed by atoms with Crippen LogP contribution in [0.3, 0.4) is 0 Å². The van der Waals surface area contributed by atoms with Gasteiger partial charge in [-0.2, -0.15) is 0 Å². The lowest BCUT2D eigenvalue weighted by Gasteiger charge is -2.39. The Morgan fingerprint density at radius 1 is 1.21 bits per heavy atom. The molecule has 0 saturated carbocycles. The highest BCUT2D eigenvalue weighted by Crippen LogP contribution is 2.59. The van der Waals surface area contributed by atoms with E-state index in [4.69, 9.17) is 9.47 Å². The number of hydrogen-bond acceptors (Lipinski definition) is 6. The summed E-state index contributed by atoms with van der Waals surface area (Å²) in [7, 11) is 3.26. The third-order valence-corrected chi connectivity index (χ3v) is 8.35. The Balaban J connectivity index is 1.81. The molecule has 3 saturated heterocycles. The first-order valence-corrected chi connectivity index (χ1v) is 13.7. The second kappa shape index (κ2) is 11.5. The molecule has 2 unspecified atom stereocenters. The van der Waals surface area contributed by atoms with E-state index in [2.05, 4.69) is 13.2 Å². The average molecular weight is 540 g/mol. The van der Waals surface area contributed by atoms with Gasteiger partial charge in [-0.3, -0.25) is 14.4 Å². The summed E-state index contributed by atoms with van der Waals surface area (Å²) in [5.74, 6) is -1.46. The number of hydrogen-bond donors (Lipinski definition) is 1. The van der Waals surface area contributed by atoms with Crippen LogP contribution in [0.4, 0.5) is 5.69 Å². The zero-order valence-electron chi connectivity index (χ0n) is 23.4. The number of nitrogens with zero attached hydrogens (tertiary/aromatic N) is 3. The van der Waals surface area contributed by atoms with Crippen LogP contribution in [0.5, 0.6) is 5.75 Å². The van der Waals surface area contributed by atoms with Gasteiger partial charge >= 0.3 is 0 Å². The predicted molar refractivity (Wildman–Crippen MR) is 148 cm³/mol. The van der Waals surface area contributed by atoms with Crippen molar-refractivity contribution < 1.29 is 29.0 Å². The second-order valence-electron chi connectivity index (χ2n) is 11.2. The maximum atomic E-state index is 14.6. The van der Waals surface area contributed by atoms with Crippen molar-refractivity contribution in [1.29, 1.82) is 0 Å². The van der Waals surface area contributed by atoms with Crippen LogP contribution in [0.25, 0.3) is 0 Å². The van der Waals surface area contributed by atoms with Crippen molar-refractivity contribution in [2.45, 2.75) is 56.9 Å². The van der Waals surface area contributed by atoms with E-state index in [1.807, 2.05) is 13.8 Å². The highest BCUT2D eigenvalue weighted by atomic mass is 16.5. The first-order chi connectivity index (χ1) is 18.6. The van der Waals surface area contributed by atoms with Crippen LogP contribution in [0.1, 0.15) is 33.1 Å². The molecule has 3 aliphatic heterocycles. The highest BCUT2D eigenvalue weighted by molar-refractivity contribution is 6.05. The molecule has 3 amide bonds. The molecular weight excluding hydrogens is 498 g/mol. The quantitative estimate of drug-likeness (QED) is 0.410. The number of methoxy groups -OCH3 is 1. The molecule has 1 spiro atoms. The molecular formula is C30H41N3O6. The third-order valence-electron chi connectivity index (χ3n) is 8.35. The van der Waals surface area contributed by atoms with Crippen molar-refractivity contribution >= 4 is 23.4 Å². The molecule has 39 heavy (non-hydrogen) atoms. The first kappa shape index (κ1) is 28.8. The maximum Gasteiger partial charge on any atom is 0.253 e. The van der Waals surface area contributed by atoms with Crippen molar-refractivity contribution in [3.8, 4) is 5.75 Å². The van der Waals surface area contributed by atoms with Gasteiger partial charge in [0.2, 0.25) is 11.8 Å². The van der Waals surface area contributed by atoms with Crippen LogP contribution in [0, 0.1) is 17.8 Å². The van der Waals surface area contributed by atoms with E-state index in [0.717, 1.165) is 0 Å². The lowest BCUT2D eigenvalue weighted by Crippen LogP contribution is -2.59. The van der Waals surface area contributed by atoms with Gasteiger partial charge in [-0.1, -0.05) is 26.0 Å². The lowest BCUT2D eigenvalue weighted by atomic mass is 9.70. The molecule has 212 valence electrons. The monoisotopic (exact) mass is 539 g/mol. The normalized spacial score (nSPS) is 27.8. The summed E-state index contributed by atoms with van der Waals surface area (Å²) in [5, 5.41) is 10.5. The van der Waals surface area contributed by atoms with Crippen LogP contribution in [0.15, 0.2) is 49.6 Å². The summed E-state index contributed by atoms with van der Waals surface area (Å²) >= 11 is 0. The van der Waals surface area contributed by atoms with Gasteiger partial charge in [0.15, 0.2) is 0 Å². The molecule has 1 N–H and O–H groups in total. The van der Waals surface area contributed by atoms with Crippen LogP contribution in [-0.2, 0) is 19.1 Å². The summed E-state index contributed by atoms with van der Waals surface area (Å²) < 4.78 is 11.9. The first-order valence-electron chi connectivity index (χ1n) is 13.7. The summed E-state index contributed by atoms with van der Waals surface area (Å²) in [6.07, 6.45) is 4.42. The molecule has 2 bridgehead atoms. The van der Waals surface area contributed by atoms with E-state index in [1.54, 1.807) is 65.3 Å². The minimum absolute atomic E-state index is 0.169. The second-order valence-corrected chi connectivity index (χ2v) is 11.2. The Kier molecular flexibility index (Phi) is 8.51. The van der Waals surface area contributed by atoms with E-state index in [1.165, 1.54) is 0 Å². The number of benzene rings is 1. The Labute approximate surface area is 231 Å². The highest BCUT2D eigenvalue weighted by Gasteiger charge is 2.75. The molecule has 9 heteroatoms. The number of anilines is 1. The molecule has 6 atom stereocenters. The van der Waals surface area contributed by atoms with Crippen molar-refractivity contribution in [2.24, 2.45) is 17.8 Å². The number of carbonyl (C=O) groups is 3. The van der Waals surface area contributed by atoms with E-state index in [-0.39, 0.29) is 36.8 Å². The smallest absolute Gasteiger partial charge is 0.253 e. The molecule has 3 fully saturated rings. The number of rotatable bonds is 12. The van der Waals surface area contributed by atoms with Gasteiger partial charge in [0.25, 0.3) is 5.91 Å². The molecule has 0 radical (unpaired) electrons. The fraction of sp³-hybridized carbons (Fsp3) is 0.567. The number of ether oxygens (including phenoxy) is 2. The minimum Gasteiger partial charge on any atom is -0.497 e. The number of fused-ring (bicyclic) bond motifs is 1. The Bertz CT molecular complexity index is 1100. The van der Waals surface area contributed by atoms with Gasteiger partial charge in [-0.25, -0.2) is 0 Å². The molecule has 3 heterocycles. The molecule has 1 aromatic rings. The summed E-state index contributed by atoms with van der Waals surface area (Å²) in [6, 6.07) is 5.55. The molecule has 3 aliphatic rings. The van der Waals surface area contributed by atoms with Crippen LogP contribution in [0.2, 0.25) is 0 Å². The van der Waals surface area contributed by atoms with Crippen LogP contribution in [-0.4, -0.2) is 90.3 Å². The Morgan fingerprint density at radius 2 is 1.87 bits per heavy atom. The number of likely N-dealkylation sites (tertiary alicyclic amines) is 1. The molecule has 4 rings (SSSR count). The van der Waals surface area contributed by atoms with Crippen LogP contribution >= 0.6 is 0 Å². The molecule has 1 aromatic carbocycles. The molecule has 0 aliphatic carbocycles. The van der Waals surface area contributed by atoms with Crippen molar-refractivity contribution in [3.63, 3.8) is 0 Å². The van der Waals surface area contributed by atoms with Gasteiger partial charge in [-0.05, 0) is 49.4 Å². The fourth-order valence-electron chi connectivity index (χ4n) is 6.77. The zero-order valence-corrected chi connectivity index (χ0v) is 23.4. The lowest BCUT2D eigenvalue weighted by molar-refractivity contribution is -0.147. The number of likely N-dealkylation sites (N-methyl/N-ethyl adjacent to an activating group) is 1. The standard InChI is InChI=1S/C30H41N3O6/c1-7-15-31(5)27(35)24-23-13-14-30(39-23)25(24)28(36)33(21(18-34)17-19(3)4)26(30)29(37)32(16-8-2)20-9-11-22(38-6)12-10-20/h7-12,19,21,23-26,34H,1-2,13-18H2,3-6H3/t21-,23+,24-,25+,26?,30?/m1/s1. The number of aliphatic hydroxyl groups excluding tert-OH is 1. The Hall–Kier alpha value is -3.17. The number of aliphatic hydroxyl groups is 1. The van der Waals surface area contributed by atoms with Gasteiger partial charge in [0, 0.05) is 25.8 Å². The molecule has 9 nitrogen and oxygen atoms in total. The van der Waals surface area contributed by atoms with Crippen molar-refractivity contribution in [3.05, 3.63) is 49.6 Å². The predicted octanol–water partition coefficient (Wildman–Crippen LogP) is 2.64. The van der Waals surface area contributed by atoms with E-state index < -0.39 is 35.6 Å².